The van der Waals surface area contributed by atoms with Crippen molar-refractivity contribution in [2.24, 2.45) is 7.05 Å². The molecule has 0 saturated carbocycles. The van der Waals surface area contributed by atoms with E-state index in [-0.39, 0.29) is 5.78 Å². The summed E-state index contributed by atoms with van der Waals surface area (Å²) in [5.74, 6) is 0.211. The fourth-order valence-corrected chi connectivity index (χ4v) is 2.03. The summed E-state index contributed by atoms with van der Waals surface area (Å²) in [6.45, 7) is 4.09. The molecular weight excluding hydrogens is 224 g/mol. The Bertz CT molecular complexity index is 570. The molecule has 0 unspecified atom stereocenters. The molecule has 1 aromatic heterocycles. The van der Waals surface area contributed by atoms with E-state index in [1.54, 1.807) is 4.68 Å². The molecule has 0 radical (unpaired) electrons. The summed E-state index contributed by atoms with van der Waals surface area (Å²) in [4.78, 5) is 12.0. The lowest BCUT2D eigenvalue weighted by Gasteiger charge is -2.05. The summed E-state index contributed by atoms with van der Waals surface area (Å²) in [7, 11) is 1.86. The fraction of sp³-hybridized carbons (Fsp3) is 0.333. The summed E-state index contributed by atoms with van der Waals surface area (Å²) in [5, 5.41) is 4.23. The smallest absolute Gasteiger partial charge is 0.143 e. The molecule has 3 nitrogen and oxygen atoms in total. The van der Waals surface area contributed by atoms with Crippen molar-refractivity contribution in [1.82, 2.24) is 9.78 Å². The summed E-state index contributed by atoms with van der Waals surface area (Å²) in [5.41, 5.74) is 4.33. The van der Waals surface area contributed by atoms with Gasteiger partial charge in [-0.2, -0.15) is 5.10 Å². The van der Waals surface area contributed by atoms with Crippen LogP contribution in [0.25, 0.3) is 0 Å². The van der Waals surface area contributed by atoms with E-state index < -0.39 is 0 Å². The SMILES string of the molecule is Cc1ccc(C)c(CC(=O)Cc2ccn(C)n2)c1. The normalized spacial score (nSPS) is 10.6. The van der Waals surface area contributed by atoms with Crippen molar-refractivity contribution in [3.8, 4) is 0 Å². The molecule has 0 amide bonds. The molecule has 0 atom stereocenters. The molecule has 0 fully saturated rings. The molecule has 0 spiro atoms. The van der Waals surface area contributed by atoms with Crippen LogP contribution in [0.1, 0.15) is 22.4 Å². The van der Waals surface area contributed by atoms with Crippen LogP contribution in [0.5, 0.6) is 0 Å². The average molecular weight is 242 g/mol. The molecule has 0 bridgehead atoms. The first-order valence-electron chi connectivity index (χ1n) is 6.11. The molecule has 0 aliphatic rings. The van der Waals surface area contributed by atoms with Crippen LogP contribution in [0.3, 0.4) is 0 Å². The van der Waals surface area contributed by atoms with Gasteiger partial charge < -0.3 is 0 Å². The van der Waals surface area contributed by atoms with E-state index in [0.29, 0.717) is 12.8 Å². The van der Waals surface area contributed by atoms with Gasteiger partial charge in [-0.15, -0.1) is 0 Å². The van der Waals surface area contributed by atoms with Crippen molar-refractivity contribution >= 4 is 5.78 Å². The highest BCUT2D eigenvalue weighted by Crippen LogP contribution is 2.12. The molecule has 0 aliphatic heterocycles. The topological polar surface area (TPSA) is 34.9 Å². The van der Waals surface area contributed by atoms with Crippen LogP contribution >= 0.6 is 0 Å². The highest BCUT2D eigenvalue weighted by Gasteiger charge is 2.09. The van der Waals surface area contributed by atoms with Gasteiger partial charge in [-0.1, -0.05) is 23.8 Å². The summed E-state index contributed by atoms with van der Waals surface area (Å²) in [6.07, 6.45) is 2.76. The Morgan fingerprint density at radius 1 is 1.22 bits per heavy atom. The van der Waals surface area contributed by atoms with Gasteiger partial charge in [0.25, 0.3) is 0 Å². The van der Waals surface area contributed by atoms with E-state index in [1.165, 1.54) is 11.1 Å². The number of benzene rings is 1. The van der Waals surface area contributed by atoms with E-state index in [4.69, 9.17) is 0 Å². The van der Waals surface area contributed by atoms with E-state index in [2.05, 4.69) is 23.3 Å². The van der Waals surface area contributed by atoms with Crippen molar-refractivity contribution < 1.29 is 4.79 Å². The number of hydrogen-bond acceptors (Lipinski definition) is 2. The third-order valence-corrected chi connectivity index (χ3v) is 3.04. The zero-order chi connectivity index (χ0) is 13.1. The molecule has 3 heteroatoms. The second-order valence-corrected chi connectivity index (χ2v) is 4.80. The molecule has 0 aliphatic carbocycles. The van der Waals surface area contributed by atoms with Crippen LogP contribution in [-0.2, 0) is 24.7 Å². The van der Waals surface area contributed by atoms with E-state index >= 15 is 0 Å². The van der Waals surface area contributed by atoms with Gasteiger partial charge in [-0.25, -0.2) is 0 Å². The molecule has 18 heavy (non-hydrogen) atoms. The zero-order valence-electron chi connectivity index (χ0n) is 11.1. The van der Waals surface area contributed by atoms with Crippen LogP contribution in [0.15, 0.2) is 30.5 Å². The van der Waals surface area contributed by atoms with Crippen molar-refractivity contribution in [1.29, 1.82) is 0 Å². The maximum absolute atomic E-state index is 12.0. The Morgan fingerprint density at radius 3 is 2.67 bits per heavy atom. The summed E-state index contributed by atoms with van der Waals surface area (Å²) < 4.78 is 1.72. The number of rotatable bonds is 4. The fourth-order valence-electron chi connectivity index (χ4n) is 2.03. The molecule has 2 aromatic rings. The molecule has 2 rings (SSSR count). The second-order valence-electron chi connectivity index (χ2n) is 4.80. The van der Waals surface area contributed by atoms with Gasteiger partial charge in [-0.05, 0) is 31.0 Å². The predicted molar refractivity (Wildman–Crippen MR) is 71.5 cm³/mol. The minimum atomic E-state index is 0.211. The first-order valence-corrected chi connectivity index (χ1v) is 6.11. The van der Waals surface area contributed by atoms with Gasteiger partial charge in [0, 0.05) is 19.7 Å². The maximum atomic E-state index is 12.0. The lowest BCUT2D eigenvalue weighted by atomic mass is 9.99. The quantitative estimate of drug-likeness (QED) is 0.825. The number of carbonyl (C=O) groups excluding carboxylic acids is 1. The maximum Gasteiger partial charge on any atom is 0.143 e. The molecule has 94 valence electrons. The number of aromatic nitrogens is 2. The number of nitrogens with zero attached hydrogens (tertiary/aromatic N) is 2. The Morgan fingerprint density at radius 2 is 2.00 bits per heavy atom. The van der Waals surface area contributed by atoms with Crippen LogP contribution in [0, 0.1) is 13.8 Å². The van der Waals surface area contributed by atoms with E-state index in [1.807, 2.05) is 33.2 Å². The summed E-state index contributed by atoms with van der Waals surface area (Å²) in [6, 6.07) is 8.12. The van der Waals surface area contributed by atoms with Crippen molar-refractivity contribution in [2.75, 3.05) is 0 Å². The van der Waals surface area contributed by atoms with Crippen LogP contribution < -0.4 is 0 Å². The average Bonchev–Trinajstić information content (AvgIpc) is 2.69. The predicted octanol–water partition coefficient (Wildman–Crippen LogP) is 2.39. The third-order valence-electron chi connectivity index (χ3n) is 3.04. The lowest BCUT2D eigenvalue weighted by molar-refractivity contribution is -0.117. The van der Waals surface area contributed by atoms with E-state index in [9.17, 15) is 4.79 Å². The molecule has 1 heterocycles. The Balaban J connectivity index is 2.05. The van der Waals surface area contributed by atoms with Crippen molar-refractivity contribution in [2.45, 2.75) is 26.7 Å². The van der Waals surface area contributed by atoms with Gasteiger partial charge in [0.2, 0.25) is 0 Å². The van der Waals surface area contributed by atoms with Crippen molar-refractivity contribution in [3.05, 3.63) is 52.8 Å². The number of ketones is 1. The molecule has 1 aromatic carbocycles. The van der Waals surface area contributed by atoms with E-state index in [0.717, 1.165) is 11.3 Å². The highest BCUT2D eigenvalue weighted by atomic mass is 16.1. The minimum Gasteiger partial charge on any atom is -0.299 e. The first kappa shape index (κ1) is 12.6. The second kappa shape index (κ2) is 5.17. The minimum absolute atomic E-state index is 0.211. The Hall–Kier alpha value is -1.90. The highest BCUT2D eigenvalue weighted by molar-refractivity contribution is 5.83. The van der Waals surface area contributed by atoms with Crippen LogP contribution in [0.4, 0.5) is 0 Å². The number of Topliss-reactive ketones (excluding diaryl/α,β-unsaturated/α-hetero) is 1. The third kappa shape index (κ3) is 3.06. The van der Waals surface area contributed by atoms with Gasteiger partial charge in [0.15, 0.2) is 0 Å². The molecule has 0 saturated heterocycles. The van der Waals surface area contributed by atoms with Gasteiger partial charge in [0.1, 0.15) is 5.78 Å². The zero-order valence-corrected chi connectivity index (χ0v) is 11.1. The largest absolute Gasteiger partial charge is 0.299 e. The Kier molecular flexibility index (Phi) is 3.60. The Labute approximate surface area is 107 Å². The monoisotopic (exact) mass is 242 g/mol. The first-order chi connectivity index (χ1) is 8.54. The number of carbonyl (C=O) groups is 1. The lowest BCUT2D eigenvalue weighted by Crippen LogP contribution is -2.08. The summed E-state index contributed by atoms with van der Waals surface area (Å²) >= 11 is 0. The van der Waals surface area contributed by atoms with Crippen LogP contribution in [0.2, 0.25) is 0 Å². The van der Waals surface area contributed by atoms with Gasteiger partial charge in [0.05, 0.1) is 12.1 Å². The number of hydrogen-bond donors (Lipinski definition) is 0. The van der Waals surface area contributed by atoms with Crippen molar-refractivity contribution in [3.63, 3.8) is 0 Å². The standard InChI is InChI=1S/C15H18N2O/c1-11-4-5-12(2)13(8-11)9-15(18)10-14-6-7-17(3)16-14/h4-8H,9-10H2,1-3H3. The molecular formula is C15H18N2O. The molecule has 0 N–H and O–H groups in total. The number of aryl methyl sites for hydroxylation is 3. The van der Waals surface area contributed by atoms with Crippen LogP contribution in [-0.4, -0.2) is 15.6 Å². The van der Waals surface area contributed by atoms with Gasteiger partial charge >= 0.3 is 0 Å². The van der Waals surface area contributed by atoms with Gasteiger partial charge in [-0.3, -0.25) is 9.48 Å².